The summed E-state index contributed by atoms with van der Waals surface area (Å²) in [4.78, 5) is 48.1. The highest BCUT2D eigenvalue weighted by Crippen LogP contribution is 2.45. The third-order valence-electron chi connectivity index (χ3n) is 7.64. The maximum atomic E-state index is 13.7. The van der Waals surface area contributed by atoms with E-state index in [0.717, 1.165) is 40.4 Å². The molecular formula is C32H35N3O5S. The third-order valence-corrected chi connectivity index (χ3v) is 8.53. The van der Waals surface area contributed by atoms with Crippen molar-refractivity contribution in [3.63, 3.8) is 0 Å². The Morgan fingerprint density at radius 3 is 2.54 bits per heavy atom. The van der Waals surface area contributed by atoms with Gasteiger partial charge in [0.25, 0.3) is 0 Å². The first-order valence-electron chi connectivity index (χ1n) is 14.0. The number of amidine groups is 1. The van der Waals surface area contributed by atoms with Gasteiger partial charge < -0.3 is 19.3 Å². The molecule has 0 aliphatic carbocycles. The Hall–Kier alpha value is -3.85. The average molecular weight is 574 g/mol. The number of fused-ring (bicyclic) bond motifs is 1. The van der Waals surface area contributed by atoms with E-state index in [-0.39, 0.29) is 30.8 Å². The first kappa shape index (κ1) is 28.7. The molecule has 0 aromatic heterocycles. The molecule has 0 radical (unpaired) electrons. The number of piperidine rings is 1. The van der Waals surface area contributed by atoms with Gasteiger partial charge in [-0.1, -0.05) is 66.4 Å². The number of ether oxygens (including phenoxy) is 2. The summed E-state index contributed by atoms with van der Waals surface area (Å²) in [6.07, 6.45) is 1.61. The van der Waals surface area contributed by atoms with E-state index in [0.29, 0.717) is 31.0 Å². The molecule has 1 fully saturated rings. The van der Waals surface area contributed by atoms with Gasteiger partial charge in [0.15, 0.2) is 5.17 Å². The summed E-state index contributed by atoms with van der Waals surface area (Å²) in [5, 5.41) is 2.67. The van der Waals surface area contributed by atoms with E-state index >= 15 is 0 Å². The zero-order valence-electron chi connectivity index (χ0n) is 23.7. The SMILES string of the molecule is CCOC(=O)[C@@H]1CCCN(C(=O)CC2=CSC3=NC(C)=C(C(=O)OCc4ccccc4)[C@@H](c4ccccc4C)N23)C1. The van der Waals surface area contributed by atoms with E-state index in [1.54, 1.807) is 11.8 Å². The number of aliphatic imine (C=N–C) groups is 1. The van der Waals surface area contributed by atoms with Crippen LogP contribution < -0.4 is 0 Å². The molecule has 2 atom stereocenters. The minimum Gasteiger partial charge on any atom is -0.466 e. The maximum absolute atomic E-state index is 13.7. The van der Waals surface area contributed by atoms with Gasteiger partial charge in [-0.05, 0) is 55.7 Å². The number of esters is 2. The number of allylic oxidation sites excluding steroid dienone is 1. The van der Waals surface area contributed by atoms with Crippen molar-refractivity contribution in [1.29, 1.82) is 0 Å². The molecule has 0 saturated carbocycles. The summed E-state index contributed by atoms with van der Waals surface area (Å²) < 4.78 is 11.0. The van der Waals surface area contributed by atoms with Crippen molar-refractivity contribution < 1.29 is 23.9 Å². The van der Waals surface area contributed by atoms with Crippen LogP contribution in [0.4, 0.5) is 0 Å². The highest BCUT2D eigenvalue weighted by atomic mass is 32.2. The lowest BCUT2D eigenvalue weighted by molar-refractivity contribution is -0.151. The van der Waals surface area contributed by atoms with Gasteiger partial charge in [0.05, 0.1) is 36.3 Å². The van der Waals surface area contributed by atoms with Crippen LogP contribution in [-0.4, -0.2) is 52.5 Å². The largest absolute Gasteiger partial charge is 0.466 e. The number of thioether (sulfide) groups is 1. The second-order valence-electron chi connectivity index (χ2n) is 10.4. The highest BCUT2D eigenvalue weighted by Gasteiger charge is 2.42. The quantitative estimate of drug-likeness (QED) is 0.385. The Labute approximate surface area is 245 Å². The van der Waals surface area contributed by atoms with E-state index < -0.39 is 12.0 Å². The number of carbonyl (C=O) groups is 3. The van der Waals surface area contributed by atoms with Gasteiger partial charge in [0.2, 0.25) is 5.91 Å². The first-order chi connectivity index (χ1) is 19.9. The van der Waals surface area contributed by atoms with Gasteiger partial charge >= 0.3 is 11.9 Å². The molecular weight excluding hydrogens is 538 g/mol. The number of nitrogens with zero attached hydrogens (tertiary/aromatic N) is 3. The van der Waals surface area contributed by atoms with Gasteiger partial charge in [-0.25, -0.2) is 9.79 Å². The van der Waals surface area contributed by atoms with Crippen LogP contribution in [0, 0.1) is 12.8 Å². The molecule has 214 valence electrons. The van der Waals surface area contributed by atoms with Crippen LogP contribution in [0.3, 0.4) is 0 Å². The second kappa shape index (κ2) is 12.8. The van der Waals surface area contributed by atoms with Crippen LogP contribution >= 0.6 is 11.8 Å². The predicted molar refractivity (Wildman–Crippen MR) is 158 cm³/mol. The first-order valence-corrected chi connectivity index (χ1v) is 14.9. The van der Waals surface area contributed by atoms with E-state index in [9.17, 15) is 14.4 Å². The number of rotatable bonds is 8. The van der Waals surface area contributed by atoms with Gasteiger partial charge in [-0.2, -0.15) is 0 Å². The molecule has 41 heavy (non-hydrogen) atoms. The minimum atomic E-state index is -0.491. The van der Waals surface area contributed by atoms with Crippen LogP contribution in [0.25, 0.3) is 0 Å². The molecule has 1 saturated heterocycles. The monoisotopic (exact) mass is 573 g/mol. The van der Waals surface area contributed by atoms with Gasteiger partial charge in [0.1, 0.15) is 6.61 Å². The van der Waals surface area contributed by atoms with E-state index in [2.05, 4.69) is 0 Å². The van der Waals surface area contributed by atoms with E-state index in [1.807, 2.05) is 78.8 Å². The fourth-order valence-corrected chi connectivity index (χ4v) is 6.51. The van der Waals surface area contributed by atoms with Crippen LogP contribution in [0.2, 0.25) is 0 Å². The molecule has 2 aromatic carbocycles. The number of amides is 1. The zero-order valence-corrected chi connectivity index (χ0v) is 24.5. The molecule has 0 bridgehead atoms. The Morgan fingerprint density at radius 2 is 1.78 bits per heavy atom. The molecule has 3 aliphatic heterocycles. The van der Waals surface area contributed by atoms with Crippen molar-refractivity contribution in [1.82, 2.24) is 9.80 Å². The summed E-state index contributed by atoms with van der Waals surface area (Å²) >= 11 is 1.45. The summed E-state index contributed by atoms with van der Waals surface area (Å²) in [6, 6.07) is 17.0. The molecule has 2 aromatic rings. The minimum absolute atomic E-state index is 0.0601. The lowest BCUT2D eigenvalue weighted by Crippen LogP contribution is -2.44. The zero-order chi connectivity index (χ0) is 28.9. The number of likely N-dealkylation sites (tertiary alicyclic amines) is 1. The third kappa shape index (κ3) is 6.25. The summed E-state index contributed by atoms with van der Waals surface area (Å²) in [6.45, 7) is 7.08. The van der Waals surface area contributed by atoms with Crippen LogP contribution in [0.5, 0.6) is 0 Å². The lowest BCUT2D eigenvalue weighted by atomic mass is 9.91. The van der Waals surface area contributed by atoms with Crippen LogP contribution in [-0.2, 0) is 30.5 Å². The predicted octanol–water partition coefficient (Wildman–Crippen LogP) is 5.51. The highest BCUT2D eigenvalue weighted by molar-refractivity contribution is 8.16. The Kier molecular flexibility index (Phi) is 8.93. The van der Waals surface area contributed by atoms with Crippen molar-refractivity contribution in [2.75, 3.05) is 19.7 Å². The standard InChI is InChI=1S/C32H35N3O5S/c1-4-39-30(37)24-14-10-16-34(18-24)27(36)17-25-20-41-32-33-22(3)28(31(38)40-19-23-12-6-5-7-13-23)29(35(25)32)26-15-9-8-11-21(26)2/h5-9,11-13,15,20,24,29H,4,10,14,16-19H2,1-3H3/t24-,29-/m1/s1. The number of hydrogen-bond donors (Lipinski definition) is 0. The van der Waals surface area contributed by atoms with Crippen molar-refractivity contribution in [2.24, 2.45) is 10.9 Å². The number of benzene rings is 2. The lowest BCUT2D eigenvalue weighted by Gasteiger charge is -2.38. The number of carbonyl (C=O) groups excluding carboxylic acids is 3. The Balaban J connectivity index is 1.40. The maximum Gasteiger partial charge on any atom is 0.338 e. The molecule has 0 unspecified atom stereocenters. The molecule has 5 rings (SSSR count). The molecule has 9 heteroatoms. The smallest absolute Gasteiger partial charge is 0.338 e. The topological polar surface area (TPSA) is 88.5 Å². The van der Waals surface area contributed by atoms with Gasteiger partial charge in [-0.15, -0.1) is 0 Å². The van der Waals surface area contributed by atoms with Crippen LogP contribution in [0.15, 0.2) is 82.0 Å². The van der Waals surface area contributed by atoms with Gasteiger partial charge in [-0.3, -0.25) is 9.59 Å². The van der Waals surface area contributed by atoms with Gasteiger partial charge in [0, 0.05) is 18.8 Å². The van der Waals surface area contributed by atoms with Crippen LogP contribution in [0.1, 0.15) is 55.8 Å². The second-order valence-corrected chi connectivity index (χ2v) is 11.3. The molecule has 8 nitrogen and oxygen atoms in total. The number of hydrogen-bond acceptors (Lipinski definition) is 8. The summed E-state index contributed by atoms with van der Waals surface area (Å²) in [5.41, 5.74) is 4.70. The van der Waals surface area contributed by atoms with E-state index in [4.69, 9.17) is 14.5 Å². The normalized spacial score (nSPS) is 20.3. The Morgan fingerprint density at radius 1 is 1.02 bits per heavy atom. The Bertz CT molecular complexity index is 1420. The fourth-order valence-electron chi connectivity index (χ4n) is 5.54. The number of aryl methyl sites for hydroxylation is 1. The molecule has 3 heterocycles. The molecule has 1 amide bonds. The fraction of sp³-hybridized carbons (Fsp3) is 0.375. The summed E-state index contributed by atoms with van der Waals surface area (Å²) in [7, 11) is 0. The van der Waals surface area contributed by atoms with E-state index in [1.165, 1.54) is 11.8 Å². The van der Waals surface area contributed by atoms with Crippen molar-refractivity contribution in [2.45, 2.75) is 52.7 Å². The van der Waals surface area contributed by atoms with Crippen molar-refractivity contribution in [3.8, 4) is 0 Å². The molecule has 0 spiro atoms. The van der Waals surface area contributed by atoms with Crippen molar-refractivity contribution in [3.05, 3.63) is 93.7 Å². The summed E-state index contributed by atoms with van der Waals surface area (Å²) in [5.74, 6) is -1.04. The molecule has 3 aliphatic rings. The average Bonchev–Trinajstić information content (AvgIpc) is 3.38. The molecule has 0 N–H and O–H groups in total. The van der Waals surface area contributed by atoms with Crippen molar-refractivity contribution >= 4 is 34.8 Å².